The van der Waals surface area contributed by atoms with Crippen LogP contribution in [0.5, 0.6) is 0 Å². The second kappa shape index (κ2) is 2.37. The fourth-order valence-electron chi connectivity index (χ4n) is 1.24. The highest BCUT2D eigenvalue weighted by molar-refractivity contribution is 5.71. The van der Waals surface area contributed by atoms with Crippen LogP contribution >= 0.6 is 0 Å². The number of halogens is 1. The van der Waals surface area contributed by atoms with Gasteiger partial charge in [0.05, 0.1) is 17.3 Å². The fourth-order valence-corrected chi connectivity index (χ4v) is 1.24. The van der Waals surface area contributed by atoms with Crippen LogP contribution in [0.1, 0.15) is 18.5 Å². The molecule has 1 fully saturated rings. The third-order valence-corrected chi connectivity index (χ3v) is 2.25. The molecule has 1 aliphatic carbocycles. The summed E-state index contributed by atoms with van der Waals surface area (Å²) in [7, 11) is 0. The van der Waals surface area contributed by atoms with E-state index in [4.69, 9.17) is 0 Å². The lowest BCUT2D eigenvalue weighted by molar-refractivity contribution is -0.109. The number of pyridine rings is 1. The zero-order valence-corrected chi connectivity index (χ0v) is 6.46. The van der Waals surface area contributed by atoms with E-state index in [1.807, 2.05) is 0 Å². The van der Waals surface area contributed by atoms with Crippen LogP contribution < -0.4 is 0 Å². The molecule has 0 N–H and O–H groups in total. The second-order valence-corrected chi connectivity index (χ2v) is 3.14. The minimum absolute atomic E-state index is 0.361. The summed E-state index contributed by atoms with van der Waals surface area (Å²) in [5, 5.41) is 0. The Hall–Kier alpha value is -1.25. The molecule has 12 heavy (non-hydrogen) atoms. The first-order chi connectivity index (χ1) is 5.77. The molecule has 2 nitrogen and oxygen atoms in total. The Morgan fingerprint density at radius 3 is 2.67 bits per heavy atom. The molecule has 0 atom stereocenters. The molecule has 0 bridgehead atoms. The lowest BCUT2D eigenvalue weighted by Gasteiger charge is -2.04. The third kappa shape index (κ3) is 1.02. The van der Waals surface area contributed by atoms with Gasteiger partial charge in [0.25, 0.3) is 0 Å². The molecule has 0 spiro atoms. The zero-order valence-electron chi connectivity index (χ0n) is 6.46. The normalized spacial score (nSPS) is 18.8. The molecule has 1 aliphatic rings. The summed E-state index contributed by atoms with van der Waals surface area (Å²) in [4.78, 5) is 14.5. The van der Waals surface area contributed by atoms with Crippen LogP contribution in [0.25, 0.3) is 0 Å². The van der Waals surface area contributed by atoms with E-state index in [-0.39, 0.29) is 11.2 Å². The quantitative estimate of drug-likeness (QED) is 0.621. The van der Waals surface area contributed by atoms with Gasteiger partial charge >= 0.3 is 0 Å². The van der Waals surface area contributed by atoms with Crippen LogP contribution in [-0.4, -0.2) is 11.3 Å². The minimum atomic E-state index is -0.381. The monoisotopic (exact) mass is 165 g/mol. The Kier molecular flexibility index (Phi) is 1.46. The average Bonchev–Trinajstić information content (AvgIpc) is 2.86. The van der Waals surface area contributed by atoms with Gasteiger partial charge in [-0.1, -0.05) is 0 Å². The lowest BCUT2D eigenvalue weighted by atomic mass is 10.0. The number of hydrogen-bond donors (Lipinski definition) is 0. The summed E-state index contributed by atoms with van der Waals surface area (Å²) >= 11 is 0. The molecule has 3 heteroatoms. The van der Waals surface area contributed by atoms with E-state index >= 15 is 0 Å². The molecule has 0 radical (unpaired) electrons. The van der Waals surface area contributed by atoms with E-state index in [0.29, 0.717) is 5.69 Å². The van der Waals surface area contributed by atoms with Crippen molar-refractivity contribution in [2.75, 3.05) is 0 Å². The second-order valence-electron chi connectivity index (χ2n) is 3.14. The molecule has 0 unspecified atom stereocenters. The molecule has 1 aromatic rings. The smallest absolute Gasteiger partial charge is 0.141 e. The molecular formula is C9H8FNO. The topological polar surface area (TPSA) is 30.0 Å². The van der Waals surface area contributed by atoms with Crippen LogP contribution in [0.4, 0.5) is 4.39 Å². The third-order valence-electron chi connectivity index (χ3n) is 2.25. The predicted octanol–water partition coefficient (Wildman–Crippen LogP) is 1.45. The van der Waals surface area contributed by atoms with Crippen molar-refractivity contribution in [3.63, 3.8) is 0 Å². The van der Waals surface area contributed by atoms with Crippen LogP contribution in [-0.2, 0) is 10.2 Å². The van der Waals surface area contributed by atoms with Gasteiger partial charge in [-0.2, -0.15) is 0 Å². The number of rotatable bonds is 2. The fraction of sp³-hybridized carbons (Fsp3) is 0.333. The Morgan fingerprint density at radius 1 is 1.50 bits per heavy atom. The molecule has 0 aromatic carbocycles. The van der Waals surface area contributed by atoms with Crippen molar-refractivity contribution in [3.05, 3.63) is 29.8 Å². The average molecular weight is 165 g/mol. The van der Waals surface area contributed by atoms with E-state index in [2.05, 4.69) is 4.98 Å². The van der Waals surface area contributed by atoms with Crippen molar-refractivity contribution < 1.29 is 9.18 Å². The van der Waals surface area contributed by atoms with E-state index in [0.717, 1.165) is 25.3 Å². The van der Waals surface area contributed by atoms with Gasteiger partial charge < -0.3 is 4.79 Å². The summed E-state index contributed by atoms with van der Waals surface area (Å²) in [6.07, 6.45) is 3.75. The van der Waals surface area contributed by atoms with Crippen molar-refractivity contribution in [3.8, 4) is 0 Å². The number of hydrogen-bond acceptors (Lipinski definition) is 2. The zero-order chi connectivity index (χ0) is 8.60. The van der Waals surface area contributed by atoms with Crippen molar-refractivity contribution in [2.24, 2.45) is 0 Å². The summed E-state index contributed by atoms with van der Waals surface area (Å²) < 4.78 is 12.4. The van der Waals surface area contributed by atoms with Crippen LogP contribution in [0, 0.1) is 5.82 Å². The Balaban J connectivity index is 2.35. The maximum atomic E-state index is 12.4. The largest absolute Gasteiger partial charge is 0.302 e. The molecule has 0 amide bonds. The molecular weight excluding hydrogens is 157 g/mol. The Morgan fingerprint density at radius 2 is 2.25 bits per heavy atom. The highest BCUT2D eigenvalue weighted by Crippen LogP contribution is 2.45. The summed E-state index contributed by atoms with van der Waals surface area (Å²) in [6, 6.07) is 2.92. The number of carbonyl (C=O) groups excluding carboxylic acids is 1. The van der Waals surface area contributed by atoms with Crippen LogP contribution in [0.2, 0.25) is 0 Å². The van der Waals surface area contributed by atoms with E-state index in [1.54, 1.807) is 6.07 Å². The summed E-state index contributed by atoms with van der Waals surface area (Å²) in [5.41, 5.74) is 0.312. The number of nitrogens with zero attached hydrogens (tertiary/aromatic N) is 1. The molecule has 1 saturated carbocycles. The summed E-state index contributed by atoms with van der Waals surface area (Å²) in [6.45, 7) is 0. The lowest BCUT2D eigenvalue weighted by Crippen LogP contribution is -2.09. The maximum absolute atomic E-state index is 12.4. The van der Waals surface area contributed by atoms with Gasteiger partial charge in [0.15, 0.2) is 0 Å². The van der Waals surface area contributed by atoms with Gasteiger partial charge in [0.2, 0.25) is 0 Å². The number of carbonyl (C=O) groups is 1. The molecule has 1 aromatic heterocycles. The van der Waals surface area contributed by atoms with Crippen molar-refractivity contribution in [1.29, 1.82) is 0 Å². The Labute approximate surface area is 69.4 Å². The van der Waals surface area contributed by atoms with Crippen LogP contribution in [0.3, 0.4) is 0 Å². The van der Waals surface area contributed by atoms with Crippen molar-refractivity contribution >= 4 is 6.29 Å². The first kappa shape index (κ1) is 7.40. The molecule has 62 valence electrons. The van der Waals surface area contributed by atoms with Gasteiger partial charge in [0.1, 0.15) is 12.1 Å². The minimum Gasteiger partial charge on any atom is -0.302 e. The highest BCUT2D eigenvalue weighted by Gasteiger charge is 2.45. The van der Waals surface area contributed by atoms with Crippen molar-refractivity contribution in [2.45, 2.75) is 18.3 Å². The molecule has 0 aliphatic heterocycles. The molecule has 1 heterocycles. The first-order valence-corrected chi connectivity index (χ1v) is 3.85. The van der Waals surface area contributed by atoms with E-state index in [9.17, 15) is 9.18 Å². The predicted molar refractivity (Wildman–Crippen MR) is 41.2 cm³/mol. The number of aldehydes is 1. The van der Waals surface area contributed by atoms with Gasteiger partial charge in [-0.25, -0.2) is 4.39 Å². The highest BCUT2D eigenvalue weighted by atomic mass is 19.1. The van der Waals surface area contributed by atoms with Crippen LogP contribution in [0.15, 0.2) is 18.3 Å². The van der Waals surface area contributed by atoms with Gasteiger partial charge in [-0.3, -0.25) is 4.98 Å². The maximum Gasteiger partial charge on any atom is 0.141 e. The standard InChI is InChI=1S/C9H8FNO/c10-7-1-2-8(11-5-7)9(6-12)3-4-9/h1-2,5-6H,3-4H2. The van der Waals surface area contributed by atoms with E-state index < -0.39 is 0 Å². The number of aromatic nitrogens is 1. The summed E-state index contributed by atoms with van der Waals surface area (Å²) in [5.74, 6) is -0.361. The van der Waals surface area contributed by atoms with Gasteiger partial charge in [-0.15, -0.1) is 0 Å². The van der Waals surface area contributed by atoms with E-state index in [1.165, 1.54) is 6.07 Å². The SMILES string of the molecule is O=CC1(c2ccc(F)cn2)CC1. The molecule has 0 saturated heterocycles. The Bertz CT molecular complexity index is 303. The first-order valence-electron chi connectivity index (χ1n) is 3.85. The van der Waals surface area contributed by atoms with Gasteiger partial charge in [0, 0.05) is 0 Å². The molecule has 2 rings (SSSR count). The van der Waals surface area contributed by atoms with Crippen molar-refractivity contribution in [1.82, 2.24) is 4.98 Å². The van der Waals surface area contributed by atoms with Gasteiger partial charge in [-0.05, 0) is 25.0 Å².